The lowest BCUT2D eigenvalue weighted by atomic mass is 10.0. The Morgan fingerprint density at radius 2 is 0.961 bits per heavy atom. The van der Waals surface area contributed by atoms with E-state index in [-0.39, 0.29) is 31.6 Å². The van der Waals surface area contributed by atoms with Crippen molar-refractivity contribution in [1.82, 2.24) is 0 Å². The molecule has 0 amide bonds. The molecule has 0 aromatic heterocycles. The van der Waals surface area contributed by atoms with Crippen LogP contribution in [0.1, 0.15) is 187 Å². The maximum atomic E-state index is 12.0. The van der Waals surface area contributed by atoms with Gasteiger partial charge in [-0.05, 0) is 44.9 Å². The number of aliphatic hydroxyl groups excluding tert-OH is 2. The van der Waals surface area contributed by atoms with Crippen molar-refractivity contribution in [2.75, 3.05) is 13.2 Å². The molecule has 51 heavy (non-hydrogen) atoms. The molecule has 294 valence electrons. The first-order valence-corrected chi connectivity index (χ1v) is 20.9. The van der Waals surface area contributed by atoms with Crippen molar-refractivity contribution in [1.29, 1.82) is 0 Å². The van der Waals surface area contributed by atoms with E-state index in [4.69, 9.17) is 9.47 Å². The molecule has 0 rings (SSSR count). The second-order valence-electron chi connectivity index (χ2n) is 13.9. The number of aliphatic hydroxyl groups is 2. The first kappa shape index (κ1) is 48.6. The molecular weight excluding hydrogens is 636 g/mol. The third-order valence-corrected chi connectivity index (χ3v) is 8.85. The van der Waals surface area contributed by atoms with Gasteiger partial charge in [0.25, 0.3) is 0 Å². The predicted molar refractivity (Wildman–Crippen MR) is 216 cm³/mol. The van der Waals surface area contributed by atoms with Crippen LogP contribution in [0.15, 0.2) is 60.8 Å². The van der Waals surface area contributed by atoms with E-state index >= 15 is 0 Å². The zero-order valence-corrected chi connectivity index (χ0v) is 33.0. The van der Waals surface area contributed by atoms with Crippen molar-refractivity contribution in [3.8, 4) is 0 Å². The van der Waals surface area contributed by atoms with E-state index in [0.29, 0.717) is 19.3 Å². The fourth-order valence-electron chi connectivity index (χ4n) is 5.68. The smallest absolute Gasteiger partial charge is 0.305 e. The van der Waals surface area contributed by atoms with Gasteiger partial charge >= 0.3 is 11.9 Å². The molecule has 2 N–H and O–H groups in total. The molecule has 0 aromatic carbocycles. The molecule has 0 bridgehead atoms. The average molecular weight is 715 g/mol. The second kappa shape index (κ2) is 40.3. The number of ether oxygens (including phenoxy) is 2. The summed E-state index contributed by atoms with van der Waals surface area (Å²) in [6.45, 7) is 4.07. The van der Waals surface area contributed by atoms with Gasteiger partial charge in [-0.25, -0.2) is 0 Å². The molecule has 0 saturated carbocycles. The lowest BCUT2D eigenvalue weighted by molar-refractivity contribution is -0.152. The second-order valence-corrected chi connectivity index (χ2v) is 13.9. The van der Waals surface area contributed by atoms with Gasteiger partial charge in [0.1, 0.15) is 19.3 Å². The monoisotopic (exact) mass is 715 g/mol. The van der Waals surface area contributed by atoms with Gasteiger partial charge in [0.15, 0.2) is 0 Å². The summed E-state index contributed by atoms with van der Waals surface area (Å²) >= 11 is 0. The molecule has 6 heteroatoms. The summed E-state index contributed by atoms with van der Waals surface area (Å²) in [6.07, 6.45) is 48.9. The zero-order chi connectivity index (χ0) is 37.3. The van der Waals surface area contributed by atoms with Crippen molar-refractivity contribution >= 4 is 11.9 Å². The number of hydrogen-bond donors (Lipinski definition) is 2. The Kier molecular flexibility index (Phi) is 38.4. The highest BCUT2D eigenvalue weighted by Crippen LogP contribution is 2.15. The van der Waals surface area contributed by atoms with Gasteiger partial charge in [-0.3, -0.25) is 9.59 Å². The lowest BCUT2D eigenvalue weighted by Gasteiger charge is -2.12. The fourth-order valence-corrected chi connectivity index (χ4v) is 5.68. The van der Waals surface area contributed by atoms with Crippen LogP contribution in [-0.4, -0.2) is 47.6 Å². The van der Waals surface area contributed by atoms with E-state index in [1.807, 2.05) is 36.5 Å². The molecular formula is C45H78O6. The number of carbonyl (C=O) groups excluding carboxylic acids is 2. The Hall–Kier alpha value is -2.44. The molecule has 1 unspecified atom stereocenters. The van der Waals surface area contributed by atoms with Gasteiger partial charge in [-0.1, -0.05) is 190 Å². The van der Waals surface area contributed by atoms with Gasteiger partial charge in [0, 0.05) is 12.8 Å². The summed E-state index contributed by atoms with van der Waals surface area (Å²) in [6, 6.07) is 0. The van der Waals surface area contributed by atoms with Crippen LogP contribution >= 0.6 is 0 Å². The highest BCUT2D eigenvalue weighted by atomic mass is 16.6. The van der Waals surface area contributed by atoms with E-state index in [9.17, 15) is 19.8 Å². The van der Waals surface area contributed by atoms with E-state index in [2.05, 4.69) is 32.1 Å². The zero-order valence-electron chi connectivity index (χ0n) is 33.0. The fraction of sp³-hybridized carbons (Fsp3) is 0.733. The molecule has 0 saturated heterocycles. The third-order valence-electron chi connectivity index (χ3n) is 8.85. The molecule has 0 aromatic rings. The van der Waals surface area contributed by atoms with Crippen LogP contribution in [0.5, 0.6) is 0 Å². The minimum Gasteiger partial charge on any atom is -0.463 e. The van der Waals surface area contributed by atoms with Crippen LogP contribution in [0.4, 0.5) is 0 Å². The summed E-state index contributed by atoms with van der Waals surface area (Å²) in [7, 11) is 0. The van der Waals surface area contributed by atoms with Crippen LogP contribution in [0.2, 0.25) is 0 Å². The van der Waals surface area contributed by atoms with E-state index in [1.54, 1.807) is 6.08 Å². The number of carbonyl (C=O) groups is 2. The van der Waals surface area contributed by atoms with Crippen molar-refractivity contribution in [3.05, 3.63) is 60.8 Å². The number of unbranched alkanes of at least 4 members (excludes halogenated alkanes) is 19. The van der Waals surface area contributed by atoms with Crippen molar-refractivity contribution in [2.45, 2.75) is 199 Å². The predicted octanol–water partition coefficient (Wildman–Crippen LogP) is 12.1. The van der Waals surface area contributed by atoms with Crippen molar-refractivity contribution in [2.24, 2.45) is 0 Å². The molecule has 0 heterocycles. The highest BCUT2D eigenvalue weighted by Gasteiger charge is 2.12. The Labute approximate surface area is 313 Å². The van der Waals surface area contributed by atoms with Gasteiger partial charge in [0.05, 0.1) is 6.10 Å². The van der Waals surface area contributed by atoms with Crippen LogP contribution in [0, 0.1) is 0 Å². The topological polar surface area (TPSA) is 93.1 Å². The third kappa shape index (κ3) is 40.2. The molecule has 0 aliphatic rings. The molecule has 0 aliphatic carbocycles. The molecule has 0 spiro atoms. The number of esters is 2. The molecule has 0 fully saturated rings. The Morgan fingerprint density at radius 1 is 0.510 bits per heavy atom. The van der Waals surface area contributed by atoms with Crippen LogP contribution in [0.25, 0.3) is 0 Å². The van der Waals surface area contributed by atoms with Crippen molar-refractivity contribution in [3.63, 3.8) is 0 Å². The maximum Gasteiger partial charge on any atom is 0.305 e. The summed E-state index contributed by atoms with van der Waals surface area (Å²) in [4.78, 5) is 24.0. The molecule has 2 atom stereocenters. The summed E-state index contributed by atoms with van der Waals surface area (Å²) < 4.78 is 10.3. The first-order valence-electron chi connectivity index (χ1n) is 20.9. The maximum absolute atomic E-state index is 12.0. The number of hydrogen-bond acceptors (Lipinski definition) is 6. The number of allylic oxidation sites excluding steroid dienone is 8. The minimum absolute atomic E-state index is 0.149. The van der Waals surface area contributed by atoms with Crippen LogP contribution in [-0.2, 0) is 19.1 Å². The molecule has 0 radical (unpaired) electrons. The van der Waals surface area contributed by atoms with E-state index < -0.39 is 12.2 Å². The van der Waals surface area contributed by atoms with E-state index in [0.717, 1.165) is 44.9 Å². The SMILES string of the molecule is CC/C=C\C/C=C\CC(O)/C=C/C=C\C/C=C\CCCC(=O)OC[C@H](O)COC(=O)CCCCCCCCCCCCCCCCCCCCC. The normalized spacial score (nSPS) is 13.4. The van der Waals surface area contributed by atoms with Gasteiger partial charge in [-0.15, -0.1) is 0 Å². The Balaban J connectivity index is 3.56. The lowest BCUT2D eigenvalue weighted by Crippen LogP contribution is -2.25. The molecule has 6 nitrogen and oxygen atoms in total. The average Bonchev–Trinajstić information content (AvgIpc) is 3.13. The highest BCUT2D eigenvalue weighted by molar-refractivity contribution is 5.69. The first-order chi connectivity index (χ1) is 25.0. The Bertz CT molecular complexity index is 918. The summed E-state index contributed by atoms with van der Waals surface area (Å²) in [5.41, 5.74) is 0. The molecule has 0 aliphatic heterocycles. The van der Waals surface area contributed by atoms with Gasteiger partial charge in [0.2, 0.25) is 0 Å². The van der Waals surface area contributed by atoms with E-state index in [1.165, 1.54) is 103 Å². The summed E-state index contributed by atoms with van der Waals surface area (Å²) in [5, 5.41) is 20.0. The van der Waals surface area contributed by atoms with Gasteiger partial charge < -0.3 is 19.7 Å². The largest absolute Gasteiger partial charge is 0.463 e. The van der Waals surface area contributed by atoms with Crippen LogP contribution in [0.3, 0.4) is 0 Å². The van der Waals surface area contributed by atoms with Crippen LogP contribution < -0.4 is 0 Å². The number of rotatable bonds is 37. The Morgan fingerprint density at radius 3 is 1.49 bits per heavy atom. The van der Waals surface area contributed by atoms with Gasteiger partial charge in [-0.2, -0.15) is 0 Å². The quantitative estimate of drug-likeness (QED) is 0.0288. The summed E-state index contributed by atoms with van der Waals surface area (Å²) in [5.74, 6) is -0.666. The standard InChI is InChI=1S/C45H78O6/c1-3-5-7-9-11-12-13-14-15-16-17-18-19-20-21-22-26-30-34-38-44(48)50-40-43(47)41-51-45(49)39-35-31-27-24-23-25-29-33-37-42(46)36-32-28-10-8-6-4-2/h6,8,24-25,27-29,32-33,37,42-43,46-47H,3-5,7,9-23,26,30-31,34-36,38-41H2,1-2H3/b8-6-,27-24-,29-25-,32-28-,37-33+/t42?,43-/m1/s1. The van der Waals surface area contributed by atoms with Crippen molar-refractivity contribution < 1.29 is 29.3 Å². The minimum atomic E-state index is -1.01.